The van der Waals surface area contributed by atoms with Gasteiger partial charge in [0.05, 0.1) is 18.2 Å². The van der Waals surface area contributed by atoms with Crippen LogP contribution in [0.2, 0.25) is 0 Å². The first-order valence-electron chi connectivity index (χ1n) is 3.99. The van der Waals surface area contributed by atoms with Gasteiger partial charge in [-0.25, -0.2) is 13.8 Å². The van der Waals surface area contributed by atoms with Gasteiger partial charge in [-0.3, -0.25) is 0 Å². The molecule has 1 heterocycles. The highest BCUT2D eigenvalue weighted by Crippen LogP contribution is 2.25. The third kappa shape index (κ3) is 3.08. The van der Waals surface area contributed by atoms with Crippen molar-refractivity contribution in [1.29, 1.82) is 5.26 Å². The Bertz CT molecular complexity index is 404. The van der Waals surface area contributed by atoms with Crippen molar-refractivity contribution in [2.75, 3.05) is 0 Å². The van der Waals surface area contributed by atoms with E-state index in [1.165, 1.54) is 0 Å². The molecule has 0 amide bonds. The summed E-state index contributed by atoms with van der Waals surface area (Å²) in [5, 5.41) is 8.94. The Balaban J connectivity index is 3.26. The number of halogens is 4. The van der Waals surface area contributed by atoms with Crippen LogP contribution in [-0.4, -0.2) is 4.98 Å². The number of aromatic nitrogens is 1. The summed E-state index contributed by atoms with van der Waals surface area (Å²) in [6, 6.07) is 3.45. The molecule has 0 aliphatic rings. The van der Waals surface area contributed by atoms with E-state index in [2.05, 4.69) is 20.9 Å². The molecule has 0 saturated carbocycles. The molecule has 80 valence electrons. The van der Waals surface area contributed by atoms with Crippen molar-refractivity contribution in [3.8, 4) is 6.07 Å². The topological polar surface area (TPSA) is 36.7 Å². The molecular weight excluding hydrogens is 381 g/mol. The van der Waals surface area contributed by atoms with Crippen LogP contribution in [0.1, 0.15) is 23.4 Å². The van der Waals surface area contributed by atoms with E-state index in [1.54, 1.807) is 6.07 Å². The molecular formula is C9H6BrF2IN2. The third-order valence-electron chi connectivity index (χ3n) is 1.76. The molecule has 0 bridgehead atoms. The number of nitriles is 1. The van der Waals surface area contributed by atoms with Gasteiger partial charge in [0.1, 0.15) is 5.69 Å². The van der Waals surface area contributed by atoms with E-state index in [-0.39, 0.29) is 12.1 Å². The van der Waals surface area contributed by atoms with Crippen molar-refractivity contribution in [1.82, 2.24) is 4.98 Å². The molecule has 0 fully saturated rings. The van der Waals surface area contributed by atoms with Gasteiger partial charge < -0.3 is 0 Å². The molecule has 2 nitrogen and oxygen atoms in total. The first kappa shape index (κ1) is 12.8. The molecule has 0 aliphatic heterocycles. The van der Waals surface area contributed by atoms with Crippen molar-refractivity contribution in [2.45, 2.75) is 18.2 Å². The molecule has 1 aromatic rings. The second kappa shape index (κ2) is 5.70. The van der Waals surface area contributed by atoms with Gasteiger partial charge in [0.2, 0.25) is 0 Å². The Kier molecular flexibility index (Phi) is 4.86. The zero-order valence-electron chi connectivity index (χ0n) is 7.48. The van der Waals surface area contributed by atoms with Gasteiger partial charge in [-0.1, -0.05) is 15.9 Å². The van der Waals surface area contributed by atoms with Crippen molar-refractivity contribution in [3.63, 3.8) is 0 Å². The van der Waals surface area contributed by atoms with Crippen LogP contribution in [0, 0.1) is 14.9 Å². The lowest BCUT2D eigenvalue weighted by Gasteiger charge is -2.08. The molecule has 0 atom stereocenters. The summed E-state index contributed by atoms with van der Waals surface area (Å²) in [5.41, 5.74) is 0.598. The van der Waals surface area contributed by atoms with Gasteiger partial charge in [-0.2, -0.15) is 5.26 Å². The predicted octanol–water partition coefficient (Wildman–Crippen LogP) is 3.58. The molecule has 0 aromatic carbocycles. The first-order chi connectivity index (χ1) is 7.10. The SMILES string of the molecule is N#CCc1cc(I)c(CBr)nc1C(F)F. The van der Waals surface area contributed by atoms with Crippen LogP contribution in [0.4, 0.5) is 8.78 Å². The van der Waals surface area contributed by atoms with E-state index in [0.29, 0.717) is 16.6 Å². The zero-order valence-corrected chi connectivity index (χ0v) is 11.2. The number of alkyl halides is 3. The van der Waals surface area contributed by atoms with Gasteiger partial charge in [0, 0.05) is 8.90 Å². The fraction of sp³-hybridized carbons (Fsp3) is 0.333. The minimum atomic E-state index is -2.64. The maximum atomic E-state index is 12.6. The average molecular weight is 387 g/mol. The summed E-state index contributed by atoms with van der Waals surface area (Å²) in [6.45, 7) is 0. The van der Waals surface area contributed by atoms with E-state index in [4.69, 9.17) is 5.26 Å². The first-order valence-corrected chi connectivity index (χ1v) is 6.19. The van der Waals surface area contributed by atoms with Gasteiger partial charge in [0.25, 0.3) is 6.43 Å². The van der Waals surface area contributed by atoms with E-state index in [0.717, 1.165) is 3.57 Å². The summed E-state index contributed by atoms with van der Waals surface area (Å²) in [6.07, 6.45) is -2.67. The van der Waals surface area contributed by atoms with E-state index >= 15 is 0 Å². The lowest BCUT2D eigenvalue weighted by atomic mass is 10.1. The van der Waals surface area contributed by atoms with Crippen LogP contribution >= 0.6 is 38.5 Å². The van der Waals surface area contributed by atoms with Gasteiger partial charge in [0.15, 0.2) is 0 Å². The number of rotatable bonds is 3. The molecule has 0 aliphatic carbocycles. The van der Waals surface area contributed by atoms with E-state index < -0.39 is 6.43 Å². The maximum Gasteiger partial charge on any atom is 0.280 e. The number of nitrogens with zero attached hydrogens (tertiary/aromatic N) is 2. The molecule has 0 unspecified atom stereocenters. The van der Waals surface area contributed by atoms with Crippen LogP contribution in [0.3, 0.4) is 0 Å². The zero-order chi connectivity index (χ0) is 11.4. The van der Waals surface area contributed by atoms with Crippen molar-refractivity contribution < 1.29 is 8.78 Å². The average Bonchev–Trinajstić information content (AvgIpc) is 2.18. The van der Waals surface area contributed by atoms with Crippen LogP contribution in [-0.2, 0) is 11.8 Å². The van der Waals surface area contributed by atoms with Gasteiger partial charge in [-0.05, 0) is 34.2 Å². The van der Waals surface area contributed by atoms with Crippen LogP contribution in [0.15, 0.2) is 6.07 Å². The summed E-state index contributed by atoms with van der Waals surface area (Å²) < 4.78 is 26.0. The molecule has 0 radical (unpaired) electrons. The van der Waals surface area contributed by atoms with Gasteiger partial charge >= 0.3 is 0 Å². The Morgan fingerprint density at radius 3 is 2.73 bits per heavy atom. The number of hydrogen-bond acceptors (Lipinski definition) is 2. The number of pyridine rings is 1. The lowest BCUT2D eigenvalue weighted by Crippen LogP contribution is -2.03. The third-order valence-corrected chi connectivity index (χ3v) is 3.23. The minimum Gasteiger partial charge on any atom is -0.250 e. The lowest BCUT2D eigenvalue weighted by molar-refractivity contribution is 0.144. The molecule has 0 spiro atoms. The van der Waals surface area contributed by atoms with Crippen LogP contribution in [0.25, 0.3) is 0 Å². The summed E-state index contributed by atoms with van der Waals surface area (Å²) in [7, 11) is 0. The fourth-order valence-corrected chi connectivity index (χ4v) is 2.73. The molecule has 0 N–H and O–H groups in total. The van der Waals surface area contributed by atoms with Crippen LogP contribution in [0.5, 0.6) is 0 Å². The Morgan fingerprint density at radius 1 is 1.60 bits per heavy atom. The Labute approximate surface area is 108 Å². The second-order valence-corrected chi connectivity index (χ2v) is 4.45. The minimum absolute atomic E-state index is 0.0365. The Morgan fingerprint density at radius 2 is 2.27 bits per heavy atom. The molecule has 15 heavy (non-hydrogen) atoms. The van der Waals surface area contributed by atoms with Crippen molar-refractivity contribution in [3.05, 3.63) is 26.6 Å². The monoisotopic (exact) mass is 386 g/mol. The highest BCUT2D eigenvalue weighted by atomic mass is 127. The van der Waals surface area contributed by atoms with E-state index in [9.17, 15) is 8.78 Å². The van der Waals surface area contributed by atoms with E-state index in [1.807, 2.05) is 28.7 Å². The van der Waals surface area contributed by atoms with Gasteiger partial charge in [-0.15, -0.1) is 0 Å². The van der Waals surface area contributed by atoms with Crippen LogP contribution < -0.4 is 0 Å². The largest absolute Gasteiger partial charge is 0.280 e. The summed E-state index contributed by atoms with van der Waals surface area (Å²) >= 11 is 5.20. The predicted molar refractivity (Wildman–Crippen MR) is 63.9 cm³/mol. The smallest absolute Gasteiger partial charge is 0.250 e. The number of hydrogen-bond donors (Lipinski definition) is 0. The second-order valence-electron chi connectivity index (χ2n) is 2.73. The highest BCUT2D eigenvalue weighted by Gasteiger charge is 2.17. The quantitative estimate of drug-likeness (QED) is 0.588. The Hall–Kier alpha value is -0.290. The standard InChI is InChI=1S/C9H6BrF2IN2/c10-4-7-6(13)3-5(1-2-14)8(15-7)9(11)12/h3,9H,1,4H2. The van der Waals surface area contributed by atoms with Crippen molar-refractivity contribution in [2.24, 2.45) is 0 Å². The summed E-state index contributed by atoms with van der Waals surface area (Å²) in [5.74, 6) is 0. The highest BCUT2D eigenvalue weighted by molar-refractivity contribution is 14.1. The molecule has 6 heteroatoms. The molecule has 1 rings (SSSR count). The molecule has 1 aromatic heterocycles. The normalized spacial score (nSPS) is 10.4. The molecule has 0 saturated heterocycles. The maximum absolute atomic E-state index is 12.6. The van der Waals surface area contributed by atoms with Crippen molar-refractivity contribution >= 4 is 38.5 Å². The summed E-state index contributed by atoms with van der Waals surface area (Å²) in [4.78, 5) is 3.85. The fourth-order valence-electron chi connectivity index (χ4n) is 1.09.